The number of amides is 3. The summed E-state index contributed by atoms with van der Waals surface area (Å²) in [7, 11) is 0. The fourth-order valence-electron chi connectivity index (χ4n) is 4.04. The van der Waals surface area contributed by atoms with Crippen molar-refractivity contribution in [1.82, 2.24) is 24.9 Å². The molecule has 2 aromatic rings. The number of aryl methyl sites for hydroxylation is 1. The summed E-state index contributed by atoms with van der Waals surface area (Å²) < 4.78 is 7.73. The summed E-state index contributed by atoms with van der Waals surface area (Å²) in [5.74, 6) is -0.168. The molecule has 2 aliphatic heterocycles. The third-order valence-corrected chi connectivity index (χ3v) is 5.47. The van der Waals surface area contributed by atoms with Crippen molar-refractivity contribution in [2.45, 2.75) is 19.9 Å². The Bertz CT molecular complexity index is 863. The maximum Gasteiger partial charge on any atom is 0.324 e. The van der Waals surface area contributed by atoms with E-state index in [1.807, 2.05) is 41.9 Å². The van der Waals surface area contributed by atoms with Crippen LogP contribution in [0.5, 0.6) is 0 Å². The molecule has 2 saturated heterocycles. The highest BCUT2D eigenvalue weighted by Gasteiger charge is 2.33. The highest BCUT2D eigenvalue weighted by molar-refractivity contribution is 6.01. The Morgan fingerprint density at radius 1 is 1.18 bits per heavy atom. The van der Waals surface area contributed by atoms with Crippen molar-refractivity contribution < 1.29 is 14.3 Å². The van der Waals surface area contributed by atoms with E-state index in [2.05, 4.69) is 17.1 Å². The first-order valence-electron chi connectivity index (χ1n) is 9.58. The minimum absolute atomic E-state index is 0.0481. The topological polar surface area (TPSA) is 79.7 Å². The van der Waals surface area contributed by atoms with Gasteiger partial charge in [0, 0.05) is 30.9 Å². The standard InChI is InChI=1S/C20H25N5O3/c1-14-19(15(2)25(22-14)16-6-4-3-5-7-16)17-13-28-11-10-23(17)8-9-24-18(26)12-21-20(24)27/h3-7,17H,8-13H2,1-2H3,(H,21,27)/t17-/m0/s1. The molecule has 4 rings (SSSR count). The van der Waals surface area contributed by atoms with E-state index in [-0.39, 0.29) is 24.5 Å². The second-order valence-electron chi connectivity index (χ2n) is 7.16. The number of urea groups is 1. The molecule has 0 radical (unpaired) electrons. The third-order valence-electron chi connectivity index (χ3n) is 5.47. The van der Waals surface area contributed by atoms with Crippen LogP contribution in [0.3, 0.4) is 0 Å². The molecule has 1 N–H and O–H groups in total. The van der Waals surface area contributed by atoms with E-state index in [1.165, 1.54) is 4.90 Å². The lowest BCUT2D eigenvalue weighted by atomic mass is 10.0. The number of para-hydroxylation sites is 1. The largest absolute Gasteiger partial charge is 0.378 e. The van der Waals surface area contributed by atoms with Crippen LogP contribution in [-0.2, 0) is 9.53 Å². The molecule has 2 aliphatic rings. The molecular weight excluding hydrogens is 358 g/mol. The van der Waals surface area contributed by atoms with Crippen molar-refractivity contribution in [3.63, 3.8) is 0 Å². The van der Waals surface area contributed by atoms with Crippen molar-refractivity contribution in [2.24, 2.45) is 0 Å². The number of nitrogens with one attached hydrogen (secondary N) is 1. The lowest BCUT2D eigenvalue weighted by Gasteiger charge is -2.36. The van der Waals surface area contributed by atoms with Gasteiger partial charge in [-0.05, 0) is 26.0 Å². The maximum absolute atomic E-state index is 11.9. The van der Waals surface area contributed by atoms with Gasteiger partial charge < -0.3 is 10.1 Å². The van der Waals surface area contributed by atoms with E-state index in [4.69, 9.17) is 9.84 Å². The van der Waals surface area contributed by atoms with Gasteiger partial charge in [0.25, 0.3) is 0 Å². The zero-order chi connectivity index (χ0) is 19.7. The molecule has 3 amide bonds. The second-order valence-corrected chi connectivity index (χ2v) is 7.16. The molecule has 0 saturated carbocycles. The number of hydrogen-bond donors (Lipinski definition) is 1. The lowest BCUT2D eigenvalue weighted by molar-refractivity contribution is -0.125. The van der Waals surface area contributed by atoms with E-state index in [9.17, 15) is 9.59 Å². The number of aromatic nitrogens is 2. The Kier molecular flexibility index (Phi) is 5.15. The smallest absolute Gasteiger partial charge is 0.324 e. The van der Waals surface area contributed by atoms with Gasteiger partial charge in [-0.1, -0.05) is 18.2 Å². The average molecular weight is 383 g/mol. The molecule has 1 atom stereocenters. The molecule has 3 heterocycles. The van der Waals surface area contributed by atoms with Crippen LogP contribution in [-0.4, -0.2) is 70.9 Å². The van der Waals surface area contributed by atoms with Crippen LogP contribution in [0.15, 0.2) is 30.3 Å². The van der Waals surface area contributed by atoms with Crippen LogP contribution in [0, 0.1) is 13.8 Å². The number of rotatable bonds is 5. The van der Waals surface area contributed by atoms with Gasteiger partial charge in [0.05, 0.1) is 37.2 Å². The zero-order valence-corrected chi connectivity index (χ0v) is 16.2. The van der Waals surface area contributed by atoms with Crippen LogP contribution in [0.2, 0.25) is 0 Å². The summed E-state index contributed by atoms with van der Waals surface area (Å²) >= 11 is 0. The maximum atomic E-state index is 11.9. The number of imide groups is 1. The van der Waals surface area contributed by atoms with Crippen molar-refractivity contribution in [3.05, 3.63) is 47.3 Å². The minimum atomic E-state index is -0.306. The van der Waals surface area contributed by atoms with Gasteiger partial charge in [-0.3, -0.25) is 14.6 Å². The average Bonchev–Trinajstić information content (AvgIpc) is 3.19. The number of nitrogens with zero attached hydrogens (tertiary/aromatic N) is 4. The summed E-state index contributed by atoms with van der Waals surface area (Å²) in [6, 6.07) is 9.80. The summed E-state index contributed by atoms with van der Waals surface area (Å²) in [5, 5.41) is 7.33. The zero-order valence-electron chi connectivity index (χ0n) is 16.2. The molecule has 28 heavy (non-hydrogen) atoms. The Balaban J connectivity index is 1.57. The highest BCUT2D eigenvalue weighted by atomic mass is 16.5. The van der Waals surface area contributed by atoms with Crippen LogP contribution in [0.1, 0.15) is 23.0 Å². The number of ether oxygens (including phenoxy) is 1. The molecule has 1 aromatic heterocycles. The number of morpholine rings is 1. The Morgan fingerprint density at radius 3 is 2.68 bits per heavy atom. The van der Waals surface area contributed by atoms with Gasteiger partial charge in [0.2, 0.25) is 5.91 Å². The molecule has 8 heteroatoms. The number of carbonyl (C=O) groups is 2. The number of benzene rings is 1. The Labute approximate surface area is 164 Å². The van der Waals surface area contributed by atoms with Crippen LogP contribution >= 0.6 is 0 Å². The SMILES string of the molecule is Cc1nn(-c2ccccc2)c(C)c1[C@@H]1COCCN1CCN1C(=O)CNC1=O. The molecule has 148 valence electrons. The first-order chi connectivity index (χ1) is 13.6. The quantitative estimate of drug-likeness (QED) is 0.790. The number of hydrogen-bond acceptors (Lipinski definition) is 5. The predicted molar refractivity (Wildman–Crippen MR) is 103 cm³/mol. The van der Waals surface area contributed by atoms with Crippen molar-refractivity contribution in [2.75, 3.05) is 39.4 Å². The van der Waals surface area contributed by atoms with Gasteiger partial charge in [0.1, 0.15) is 0 Å². The van der Waals surface area contributed by atoms with Crippen LogP contribution in [0.25, 0.3) is 5.69 Å². The molecular formula is C20H25N5O3. The molecule has 8 nitrogen and oxygen atoms in total. The molecule has 2 fully saturated rings. The fraction of sp³-hybridized carbons (Fsp3) is 0.450. The monoisotopic (exact) mass is 383 g/mol. The van der Waals surface area contributed by atoms with Crippen molar-refractivity contribution >= 4 is 11.9 Å². The van der Waals surface area contributed by atoms with E-state index in [1.54, 1.807) is 0 Å². The first kappa shape index (κ1) is 18.6. The molecule has 0 spiro atoms. The summed E-state index contributed by atoms with van der Waals surface area (Å²) in [6.07, 6.45) is 0. The minimum Gasteiger partial charge on any atom is -0.378 e. The summed E-state index contributed by atoms with van der Waals surface area (Å²) in [4.78, 5) is 27.3. The number of carbonyl (C=O) groups excluding carboxylic acids is 2. The fourth-order valence-corrected chi connectivity index (χ4v) is 4.04. The van der Waals surface area contributed by atoms with Gasteiger partial charge in [-0.15, -0.1) is 0 Å². The normalized spacial score (nSPS) is 20.6. The molecule has 0 aliphatic carbocycles. The van der Waals surface area contributed by atoms with E-state index in [0.717, 1.165) is 29.2 Å². The van der Waals surface area contributed by atoms with Gasteiger partial charge in [0.15, 0.2) is 0 Å². The van der Waals surface area contributed by atoms with E-state index >= 15 is 0 Å². The van der Waals surface area contributed by atoms with Crippen LogP contribution < -0.4 is 5.32 Å². The Morgan fingerprint density at radius 2 is 1.96 bits per heavy atom. The summed E-state index contributed by atoms with van der Waals surface area (Å²) in [5.41, 5.74) is 4.23. The van der Waals surface area contributed by atoms with Crippen LogP contribution in [0.4, 0.5) is 4.79 Å². The van der Waals surface area contributed by atoms with Crippen molar-refractivity contribution in [1.29, 1.82) is 0 Å². The third kappa shape index (κ3) is 3.41. The molecule has 0 unspecified atom stereocenters. The van der Waals surface area contributed by atoms with Gasteiger partial charge in [-0.25, -0.2) is 9.48 Å². The van der Waals surface area contributed by atoms with Gasteiger partial charge >= 0.3 is 6.03 Å². The lowest BCUT2D eigenvalue weighted by Crippen LogP contribution is -2.45. The highest BCUT2D eigenvalue weighted by Crippen LogP contribution is 2.30. The Hall–Kier alpha value is -2.71. The predicted octanol–water partition coefficient (Wildman–Crippen LogP) is 1.41. The van der Waals surface area contributed by atoms with Crippen molar-refractivity contribution in [3.8, 4) is 5.69 Å². The second kappa shape index (κ2) is 7.73. The molecule has 1 aromatic carbocycles. The van der Waals surface area contributed by atoms with Gasteiger partial charge in [-0.2, -0.15) is 5.10 Å². The molecule has 0 bridgehead atoms. The van der Waals surface area contributed by atoms with E-state index < -0.39 is 0 Å². The summed E-state index contributed by atoms with van der Waals surface area (Å²) in [6.45, 7) is 7.15. The van der Waals surface area contributed by atoms with E-state index in [0.29, 0.717) is 26.3 Å². The first-order valence-corrected chi connectivity index (χ1v) is 9.58.